The molecule has 0 radical (unpaired) electrons. The lowest BCUT2D eigenvalue weighted by Crippen LogP contribution is -2.01. The molecule has 0 fully saturated rings. The number of aryl methyl sites for hydroxylation is 1. The first-order valence-electron chi connectivity index (χ1n) is 6.65. The van der Waals surface area contributed by atoms with Crippen LogP contribution < -0.4 is 0 Å². The number of aromatic nitrogens is 5. The van der Waals surface area contributed by atoms with Crippen LogP contribution in [-0.4, -0.2) is 24.7 Å². The van der Waals surface area contributed by atoms with Crippen LogP contribution in [-0.2, 0) is 6.54 Å². The van der Waals surface area contributed by atoms with E-state index in [4.69, 9.17) is 11.6 Å². The zero-order valence-electron chi connectivity index (χ0n) is 11.5. The fraction of sp³-hybridized carbons (Fsp3) is 0.357. The molecule has 0 aliphatic rings. The Hall–Kier alpha value is -1.88. The number of H-pyrrole nitrogens is 1. The van der Waals surface area contributed by atoms with Crippen molar-refractivity contribution in [2.45, 2.75) is 26.8 Å². The average Bonchev–Trinajstić information content (AvgIpc) is 3.04. The maximum Gasteiger partial charge on any atom is 0.142 e. The van der Waals surface area contributed by atoms with Gasteiger partial charge < -0.3 is 4.98 Å². The highest BCUT2D eigenvalue weighted by Gasteiger charge is 2.13. The van der Waals surface area contributed by atoms with E-state index in [-0.39, 0.29) is 0 Å². The quantitative estimate of drug-likeness (QED) is 0.799. The first kappa shape index (κ1) is 13.1. The molecule has 6 heteroatoms. The van der Waals surface area contributed by atoms with Gasteiger partial charge >= 0.3 is 0 Å². The van der Waals surface area contributed by atoms with Crippen molar-refractivity contribution in [2.24, 2.45) is 5.92 Å². The lowest BCUT2D eigenvalue weighted by molar-refractivity contribution is 0.487. The van der Waals surface area contributed by atoms with Crippen LogP contribution >= 0.6 is 11.6 Å². The smallest absolute Gasteiger partial charge is 0.142 e. The van der Waals surface area contributed by atoms with Crippen LogP contribution in [0.25, 0.3) is 22.3 Å². The van der Waals surface area contributed by atoms with Crippen molar-refractivity contribution in [3.8, 4) is 11.3 Å². The highest BCUT2D eigenvalue weighted by Crippen LogP contribution is 2.30. The summed E-state index contributed by atoms with van der Waals surface area (Å²) in [6, 6.07) is 0. The molecule has 3 aromatic rings. The van der Waals surface area contributed by atoms with Gasteiger partial charge in [0, 0.05) is 24.5 Å². The van der Waals surface area contributed by atoms with E-state index in [2.05, 4.69) is 33.9 Å². The van der Waals surface area contributed by atoms with Crippen molar-refractivity contribution in [2.75, 3.05) is 0 Å². The Labute approximate surface area is 122 Å². The first-order chi connectivity index (χ1) is 9.65. The number of nitrogens with zero attached hydrogens (tertiary/aromatic N) is 4. The number of hydrogen-bond donors (Lipinski definition) is 1. The van der Waals surface area contributed by atoms with Gasteiger partial charge in [-0.05, 0) is 12.3 Å². The zero-order valence-corrected chi connectivity index (χ0v) is 12.2. The van der Waals surface area contributed by atoms with Crippen LogP contribution in [0.4, 0.5) is 0 Å². The van der Waals surface area contributed by atoms with Gasteiger partial charge in [0.2, 0.25) is 0 Å². The molecule has 104 valence electrons. The minimum absolute atomic E-state index is 0.630. The summed E-state index contributed by atoms with van der Waals surface area (Å²) in [7, 11) is 0. The van der Waals surface area contributed by atoms with E-state index in [9.17, 15) is 0 Å². The van der Waals surface area contributed by atoms with E-state index in [0.717, 1.165) is 35.3 Å². The number of fused-ring (bicyclic) bond motifs is 1. The zero-order chi connectivity index (χ0) is 14.1. The van der Waals surface area contributed by atoms with Crippen molar-refractivity contribution in [3.05, 3.63) is 29.9 Å². The summed E-state index contributed by atoms with van der Waals surface area (Å²) in [5, 5.41) is 5.86. The molecule has 0 atom stereocenters. The number of halogens is 1. The average molecular weight is 290 g/mol. The molecule has 0 unspecified atom stereocenters. The summed E-state index contributed by atoms with van der Waals surface area (Å²) in [5.74, 6) is 0.660. The summed E-state index contributed by atoms with van der Waals surface area (Å²) >= 11 is 6.20. The summed E-state index contributed by atoms with van der Waals surface area (Å²) < 4.78 is 1.95. The van der Waals surface area contributed by atoms with Gasteiger partial charge in [-0.1, -0.05) is 25.4 Å². The first-order valence-corrected chi connectivity index (χ1v) is 7.03. The fourth-order valence-electron chi connectivity index (χ4n) is 2.14. The number of hydrogen-bond acceptors (Lipinski definition) is 3. The normalized spacial score (nSPS) is 11.6. The van der Waals surface area contributed by atoms with Gasteiger partial charge in [0.1, 0.15) is 12.0 Å². The molecule has 3 aromatic heterocycles. The summed E-state index contributed by atoms with van der Waals surface area (Å²) in [4.78, 5) is 11.6. The molecular weight excluding hydrogens is 274 g/mol. The van der Waals surface area contributed by atoms with Crippen molar-refractivity contribution in [3.63, 3.8) is 0 Å². The maximum atomic E-state index is 6.20. The molecule has 0 aliphatic heterocycles. The molecule has 0 aliphatic carbocycles. The van der Waals surface area contributed by atoms with E-state index in [1.807, 2.05) is 17.1 Å². The van der Waals surface area contributed by atoms with Gasteiger partial charge in [-0.15, -0.1) is 0 Å². The molecule has 0 saturated carbocycles. The third-order valence-corrected chi connectivity index (χ3v) is 3.56. The summed E-state index contributed by atoms with van der Waals surface area (Å²) in [6.45, 7) is 5.32. The van der Waals surface area contributed by atoms with Gasteiger partial charge in [-0.2, -0.15) is 5.10 Å². The Bertz CT molecular complexity index is 728. The van der Waals surface area contributed by atoms with E-state index < -0.39 is 0 Å². The maximum absolute atomic E-state index is 6.20. The van der Waals surface area contributed by atoms with Crippen LogP contribution in [0.3, 0.4) is 0 Å². The Balaban J connectivity index is 1.97. The second-order valence-corrected chi connectivity index (χ2v) is 5.66. The van der Waals surface area contributed by atoms with Gasteiger partial charge in [0.05, 0.1) is 22.3 Å². The molecule has 5 nitrogen and oxygen atoms in total. The Morgan fingerprint density at radius 3 is 3.00 bits per heavy atom. The van der Waals surface area contributed by atoms with Crippen LogP contribution in [0.1, 0.15) is 20.3 Å². The summed E-state index contributed by atoms with van der Waals surface area (Å²) in [5.41, 5.74) is 2.52. The third kappa shape index (κ3) is 2.41. The van der Waals surface area contributed by atoms with Crippen molar-refractivity contribution in [1.29, 1.82) is 0 Å². The standard InChI is InChI=1S/C14H16ClN5/c1-9(2)3-4-20-7-10(5-19-20)13-12-11(15)6-16-14(12)18-8-17-13/h5-9H,3-4H2,1-2H3,(H,16,17,18). The van der Waals surface area contributed by atoms with Crippen LogP contribution in [0.2, 0.25) is 5.02 Å². The molecule has 0 amide bonds. The molecular formula is C14H16ClN5. The lowest BCUT2D eigenvalue weighted by atomic mass is 10.1. The number of aromatic amines is 1. The molecule has 20 heavy (non-hydrogen) atoms. The van der Waals surface area contributed by atoms with E-state index >= 15 is 0 Å². The molecule has 3 heterocycles. The van der Waals surface area contributed by atoms with Crippen LogP contribution in [0, 0.1) is 5.92 Å². The Morgan fingerprint density at radius 2 is 2.20 bits per heavy atom. The third-order valence-electron chi connectivity index (χ3n) is 3.26. The second kappa shape index (κ2) is 5.25. The SMILES string of the molecule is CC(C)CCn1cc(-c2ncnc3[nH]cc(Cl)c23)cn1. The number of nitrogens with one attached hydrogen (secondary N) is 1. The molecule has 0 aromatic carbocycles. The predicted octanol–water partition coefficient (Wildman–Crippen LogP) is 3.52. The van der Waals surface area contributed by atoms with Gasteiger partial charge in [-0.3, -0.25) is 4.68 Å². The van der Waals surface area contributed by atoms with E-state index in [1.165, 1.54) is 6.33 Å². The lowest BCUT2D eigenvalue weighted by Gasteiger charge is -2.04. The molecule has 0 spiro atoms. The van der Waals surface area contributed by atoms with Gasteiger partial charge in [0.25, 0.3) is 0 Å². The highest BCUT2D eigenvalue weighted by molar-refractivity contribution is 6.36. The molecule has 1 N–H and O–H groups in total. The van der Waals surface area contributed by atoms with E-state index in [0.29, 0.717) is 10.9 Å². The van der Waals surface area contributed by atoms with E-state index in [1.54, 1.807) is 6.20 Å². The fourth-order valence-corrected chi connectivity index (χ4v) is 2.38. The second-order valence-electron chi connectivity index (χ2n) is 5.26. The van der Waals surface area contributed by atoms with Crippen LogP contribution in [0.15, 0.2) is 24.9 Å². The molecule has 0 saturated heterocycles. The Morgan fingerprint density at radius 1 is 1.35 bits per heavy atom. The Kier molecular flexibility index (Phi) is 3.44. The van der Waals surface area contributed by atoms with Crippen molar-refractivity contribution in [1.82, 2.24) is 24.7 Å². The van der Waals surface area contributed by atoms with Crippen LogP contribution in [0.5, 0.6) is 0 Å². The predicted molar refractivity (Wildman–Crippen MR) is 79.6 cm³/mol. The molecule has 3 rings (SSSR count). The minimum Gasteiger partial charge on any atom is -0.344 e. The molecule has 0 bridgehead atoms. The topological polar surface area (TPSA) is 59.4 Å². The minimum atomic E-state index is 0.630. The highest BCUT2D eigenvalue weighted by atomic mass is 35.5. The van der Waals surface area contributed by atoms with Gasteiger partial charge in [-0.25, -0.2) is 9.97 Å². The van der Waals surface area contributed by atoms with Gasteiger partial charge in [0.15, 0.2) is 0 Å². The monoisotopic (exact) mass is 289 g/mol. The largest absolute Gasteiger partial charge is 0.344 e. The summed E-state index contributed by atoms with van der Waals surface area (Å²) in [6.07, 6.45) is 8.20. The van der Waals surface area contributed by atoms with Crippen molar-refractivity contribution < 1.29 is 0 Å². The number of rotatable bonds is 4. The van der Waals surface area contributed by atoms with Crippen molar-refractivity contribution >= 4 is 22.6 Å².